The molecule has 1 aromatic rings. The Balaban J connectivity index is 0.000000298. The lowest BCUT2D eigenvalue weighted by Crippen LogP contribution is -2.43. The molecule has 0 spiro atoms. The van der Waals surface area contributed by atoms with Crippen molar-refractivity contribution in [3.8, 4) is 24.7 Å². The summed E-state index contributed by atoms with van der Waals surface area (Å²) in [5.41, 5.74) is 10.3. The molecule has 0 saturated carbocycles. The molecule has 0 aromatic heterocycles. The smallest absolute Gasteiger partial charge is 0.330 e. The number of hydrogen-bond donors (Lipinski definition) is 4. The van der Waals surface area contributed by atoms with Crippen LogP contribution in [0.1, 0.15) is 73.6 Å². The zero-order valence-electron chi connectivity index (χ0n) is 22.1. The van der Waals surface area contributed by atoms with E-state index in [-0.39, 0.29) is 12.2 Å². The SMILES string of the molecule is C#CCCC1(CCN)N=N1.C#CCCC1(CCNS(=O)(=O)NC(=O)Nc2c3c(cc4c2CCC4)CCC3)N=N1. The predicted octanol–water partition coefficient (Wildman–Crippen LogP) is 3.50. The molecule has 4 aliphatic rings. The van der Waals surface area contributed by atoms with Crippen LogP contribution < -0.4 is 20.5 Å². The van der Waals surface area contributed by atoms with Crippen LogP contribution in [0.5, 0.6) is 0 Å². The molecule has 2 heterocycles. The van der Waals surface area contributed by atoms with Gasteiger partial charge in [-0.2, -0.15) is 33.6 Å². The summed E-state index contributed by atoms with van der Waals surface area (Å²) in [6, 6.07) is 1.52. The second-order valence-electron chi connectivity index (χ2n) is 10.2. The molecule has 1 aromatic carbocycles. The van der Waals surface area contributed by atoms with Gasteiger partial charge in [-0.05, 0) is 67.3 Å². The van der Waals surface area contributed by atoms with Crippen LogP contribution in [-0.2, 0) is 35.9 Å². The van der Waals surface area contributed by atoms with E-state index in [4.69, 9.17) is 18.6 Å². The van der Waals surface area contributed by atoms with Gasteiger partial charge in [0.15, 0.2) is 11.3 Å². The van der Waals surface area contributed by atoms with Gasteiger partial charge in [-0.25, -0.2) is 9.52 Å². The number of benzene rings is 1. The maximum atomic E-state index is 12.4. The van der Waals surface area contributed by atoms with Crippen molar-refractivity contribution in [2.24, 2.45) is 26.2 Å². The van der Waals surface area contributed by atoms with E-state index in [1.165, 1.54) is 11.1 Å². The largest absolute Gasteiger partial charge is 0.333 e. The van der Waals surface area contributed by atoms with Crippen molar-refractivity contribution in [3.63, 3.8) is 0 Å². The Hall–Kier alpha value is -3.32. The summed E-state index contributed by atoms with van der Waals surface area (Å²) in [5, 5.41) is 18.6. The Kier molecular flexibility index (Phi) is 9.01. The number of rotatable bonds is 12. The van der Waals surface area contributed by atoms with Crippen molar-refractivity contribution < 1.29 is 13.2 Å². The highest BCUT2D eigenvalue weighted by molar-refractivity contribution is 7.88. The van der Waals surface area contributed by atoms with Crippen LogP contribution in [0.25, 0.3) is 0 Å². The average Bonchev–Trinajstić information content (AvgIpc) is 3.72. The third kappa shape index (κ3) is 7.63. The highest BCUT2D eigenvalue weighted by atomic mass is 32.2. The van der Waals surface area contributed by atoms with E-state index in [0.29, 0.717) is 25.8 Å². The first-order chi connectivity index (χ1) is 18.7. The zero-order chi connectivity index (χ0) is 27.9. The van der Waals surface area contributed by atoms with Crippen LogP contribution >= 0.6 is 0 Å². The Labute approximate surface area is 230 Å². The van der Waals surface area contributed by atoms with Crippen molar-refractivity contribution in [2.75, 3.05) is 18.4 Å². The second-order valence-corrected chi connectivity index (χ2v) is 11.7. The summed E-state index contributed by atoms with van der Waals surface area (Å²) >= 11 is 0. The minimum atomic E-state index is -3.98. The number of nitrogens with two attached hydrogens (primary N) is 1. The van der Waals surface area contributed by atoms with Gasteiger partial charge in [0.05, 0.1) is 0 Å². The zero-order valence-corrected chi connectivity index (χ0v) is 22.9. The van der Waals surface area contributed by atoms with Crippen molar-refractivity contribution in [3.05, 3.63) is 28.3 Å². The molecule has 12 heteroatoms. The van der Waals surface area contributed by atoms with E-state index >= 15 is 0 Å². The summed E-state index contributed by atoms with van der Waals surface area (Å²) in [7, 11) is -3.98. The van der Waals surface area contributed by atoms with Gasteiger partial charge in [0.2, 0.25) is 0 Å². The highest BCUT2D eigenvalue weighted by Crippen LogP contribution is 2.39. The molecule has 2 aliphatic carbocycles. The minimum absolute atomic E-state index is 0.121. The molecule has 5 N–H and O–H groups in total. The fourth-order valence-electron chi connectivity index (χ4n) is 5.22. The lowest BCUT2D eigenvalue weighted by atomic mass is 9.99. The molecular formula is C27H36N8O3S. The van der Waals surface area contributed by atoms with Crippen molar-refractivity contribution in [2.45, 2.75) is 88.4 Å². The Bertz CT molecular complexity index is 1300. The molecule has 0 saturated heterocycles. The van der Waals surface area contributed by atoms with Gasteiger partial charge >= 0.3 is 16.2 Å². The molecule has 0 bridgehead atoms. The summed E-state index contributed by atoms with van der Waals surface area (Å²) in [6.07, 6.45) is 20.3. The van der Waals surface area contributed by atoms with Gasteiger partial charge in [0.25, 0.3) is 0 Å². The summed E-state index contributed by atoms with van der Waals surface area (Å²) in [5.74, 6) is 5.09. The first kappa shape index (κ1) is 28.7. The second kappa shape index (κ2) is 12.2. The van der Waals surface area contributed by atoms with E-state index in [1.807, 2.05) is 0 Å². The molecule has 0 radical (unpaired) electrons. The molecule has 5 rings (SSSR count). The third-order valence-corrected chi connectivity index (χ3v) is 8.44. The maximum absolute atomic E-state index is 12.4. The normalized spacial score (nSPS) is 18.1. The number of terminal acetylenes is 2. The maximum Gasteiger partial charge on any atom is 0.333 e. The van der Waals surface area contributed by atoms with E-state index in [0.717, 1.165) is 74.6 Å². The Morgan fingerprint density at radius 2 is 1.44 bits per heavy atom. The summed E-state index contributed by atoms with van der Waals surface area (Å²) < 4.78 is 28.9. The lowest BCUT2D eigenvalue weighted by Gasteiger charge is -2.17. The van der Waals surface area contributed by atoms with Crippen LogP contribution in [0.4, 0.5) is 10.5 Å². The standard InChI is InChI=1S/C20H25N5O3S.C7H11N3/c1-2-3-10-20(24-25-20)11-12-21-29(27,28)23-19(26)22-18-16-8-4-6-14(16)13-15-7-5-9-17(15)18;1-2-3-4-7(5-6-8)9-10-7/h1,13,21H,3-12H2,(H2,22,23,26);1H,3-6,8H2. The van der Waals surface area contributed by atoms with Crippen LogP contribution in [0.15, 0.2) is 26.5 Å². The molecule has 0 unspecified atom stereocenters. The molecular weight excluding hydrogens is 516 g/mol. The van der Waals surface area contributed by atoms with E-state index < -0.39 is 21.9 Å². The third-order valence-electron chi connectivity index (χ3n) is 7.41. The molecule has 2 aliphatic heterocycles. The van der Waals surface area contributed by atoms with Crippen LogP contribution in [-0.4, -0.2) is 38.9 Å². The van der Waals surface area contributed by atoms with Gasteiger partial charge in [-0.15, -0.1) is 24.7 Å². The summed E-state index contributed by atoms with van der Waals surface area (Å²) in [6.45, 7) is 0.758. The van der Waals surface area contributed by atoms with Gasteiger partial charge in [-0.1, -0.05) is 6.07 Å². The quantitative estimate of drug-likeness (QED) is 0.292. The number of aryl methyl sites for hydroxylation is 2. The number of hydrogen-bond acceptors (Lipinski definition) is 8. The fraction of sp³-hybridized carbons (Fsp3) is 0.593. The highest BCUT2D eigenvalue weighted by Gasteiger charge is 2.39. The monoisotopic (exact) mass is 552 g/mol. The Morgan fingerprint density at radius 1 is 0.897 bits per heavy atom. The van der Waals surface area contributed by atoms with Crippen molar-refractivity contribution >= 4 is 21.9 Å². The van der Waals surface area contributed by atoms with E-state index in [1.54, 1.807) is 0 Å². The number of carbonyl (C=O) groups excluding carboxylic acids is 1. The number of nitrogens with one attached hydrogen (secondary N) is 3. The fourth-order valence-corrected chi connectivity index (χ4v) is 5.96. The van der Waals surface area contributed by atoms with Crippen molar-refractivity contribution in [1.29, 1.82) is 0 Å². The molecule has 0 fully saturated rings. The number of fused-ring (bicyclic) bond motifs is 2. The number of carbonyl (C=O) groups is 1. The topological polar surface area (TPSA) is 163 Å². The average molecular weight is 553 g/mol. The lowest BCUT2D eigenvalue weighted by molar-refractivity contribution is 0.256. The first-order valence-electron chi connectivity index (χ1n) is 13.4. The number of amides is 2. The predicted molar refractivity (Wildman–Crippen MR) is 149 cm³/mol. The van der Waals surface area contributed by atoms with Crippen molar-refractivity contribution in [1.82, 2.24) is 9.44 Å². The molecule has 2 amide bonds. The van der Waals surface area contributed by atoms with E-state index in [9.17, 15) is 13.2 Å². The van der Waals surface area contributed by atoms with Crippen LogP contribution in [0, 0.1) is 24.7 Å². The number of nitrogens with zero attached hydrogens (tertiary/aromatic N) is 4. The molecule has 39 heavy (non-hydrogen) atoms. The first-order valence-corrected chi connectivity index (χ1v) is 14.9. The minimum Gasteiger partial charge on any atom is -0.330 e. The molecule has 208 valence electrons. The van der Waals surface area contributed by atoms with Crippen LogP contribution in [0.2, 0.25) is 0 Å². The number of urea groups is 1. The van der Waals surface area contributed by atoms with Gasteiger partial charge < -0.3 is 11.1 Å². The van der Waals surface area contributed by atoms with Gasteiger partial charge in [0.1, 0.15) is 0 Å². The molecule has 0 atom stereocenters. The van der Waals surface area contributed by atoms with Gasteiger partial charge in [0, 0.05) is 50.8 Å². The summed E-state index contributed by atoms with van der Waals surface area (Å²) in [4.78, 5) is 12.4. The number of anilines is 1. The van der Waals surface area contributed by atoms with E-state index in [2.05, 4.69) is 53.1 Å². The Morgan fingerprint density at radius 3 is 1.92 bits per heavy atom. The van der Waals surface area contributed by atoms with Crippen LogP contribution in [0.3, 0.4) is 0 Å². The molecule has 11 nitrogen and oxygen atoms in total. The van der Waals surface area contributed by atoms with Gasteiger partial charge in [-0.3, -0.25) is 0 Å².